The molecular formula is C15H18IN3. The van der Waals surface area contributed by atoms with Crippen LogP contribution in [0.3, 0.4) is 0 Å². The zero-order valence-electron chi connectivity index (χ0n) is 10.9. The number of aromatic nitrogens is 3. The van der Waals surface area contributed by atoms with E-state index < -0.39 is 0 Å². The molecule has 0 unspecified atom stereocenters. The highest BCUT2D eigenvalue weighted by Gasteiger charge is 2.15. The van der Waals surface area contributed by atoms with Crippen LogP contribution in [-0.2, 0) is 6.54 Å². The highest BCUT2D eigenvalue weighted by molar-refractivity contribution is 14.1. The maximum Gasteiger partial charge on any atom is 0.181 e. The maximum atomic E-state index is 4.57. The van der Waals surface area contributed by atoms with Gasteiger partial charge in [0.25, 0.3) is 0 Å². The molecule has 1 aromatic carbocycles. The van der Waals surface area contributed by atoms with E-state index in [1.807, 2.05) is 11.0 Å². The predicted molar refractivity (Wildman–Crippen MR) is 84.8 cm³/mol. The number of hydrogen-bond donors (Lipinski definition) is 0. The summed E-state index contributed by atoms with van der Waals surface area (Å²) in [6.45, 7) is 1.00. The van der Waals surface area contributed by atoms with Gasteiger partial charge in [0.15, 0.2) is 5.82 Å². The smallest absolute Gasteiger partial charge is 0.181 e. The Kier molecular flexibility index (Phi) is 4.15. The molecule has 3 rings (SSSR count). The van der Waals surface area contributed by atoms with Crippen LogP contribution in [0.1, 0.15) is 32.1 Å². The molecule has 1 saturated carbocycles. The van der Waals surface area contributed by atoms with Gasteiger partial charge in [-0.1, -0.05) is 37.8 Å². The fraction of sp³-hybridized carbons (Fsp3) is 0.467. The molecule has 0 saturated heterocycles. The van der Waals surface area contributed by atoms with Crippen molar-refractivity contribution in [1.29, 1.82) is 0 Å². The molecule has 1 aromatic heterocycles. The van der Waals surface area contributed by atoms with Crippen molar-refractivity contribution in [3.05, 3.63) is 34.2 Å². The van der Waals surface area contributed by atoms with E-state index in [9.17, 15) is 0 Å². The Morgan fingerprint density at radius 3 is 2.63 bits per heavy atom. The Hall–Kier alpha value is -0.910. The normalized spacial score (nSPS) is 16.1. The van der Waals surface area contributed by atoms with E-state index in [1.165, 1.54) is 35.7 Å². The van der Waals surface area contributed by atoms with Crippen molar-refractivity contribution in [2.45, 2.75) is 38.6 Å². The fourth-order valence-corrected chi connectivity index (χ4v) is 3.11. The molecule has 2 aromatic rings. The molecule has 0 aliphatic heterocycles. The topological polar surface area (TPSA) is 30.7 Å². The van der Waals surface area contributed by atoms with Gasteiger partial charge in [-0.15, -0.1) is 0 Å². The van der Waals surface area contributed by atoms with E-state index in [0.717, 1.165) is 23.9 Å². The van der Waals surface area contributed by atoms with Crippen molar-refractivity contribution in [3.8, 4) is 11.4 Å². The van der Waals surface area contributed by atoms with Crippen LogP contribution < -0.4 is 0 Å². The second kappa shape index (κ2) is 6.03. The second-order valence-electron chi connectivity index (χ2n) is 5.28. The minimum Gasteiger partial charge on any atom is -0.252 e. The van der Waals surface area contributed by atoms with Gasteiger partial charge in [-0.05, 0) is 47.1 Å². The van der Waals surface area contributed by atoms with Crippen molar-refractivity contribution in [1.82, 2.24) is 14.8 Å². The van der Waals surface area contributed by atoms with Crippen molar-refractivity contribution in [2.75, 3.05) is 0 Å². The van der Waals surface area contributed by atoms with Crippen LogP contribution in [0.25, 0.3) is 11.4 Å². The lowest BCUT2D eigenvalue weighted by molar-refractivity contribution is 0.439. The molecule has 1 fully saturated rings. The van der Waals surface area contributed by atoms with Crippen molar-refractivity contribution < 1.29 is 0 Å². The lowest BCUT2D eigenvalue weighted by Gasteiger charge is -2.07. The number of aryl methyl sites for hydroxylation is 1. The van der Waals surface area contributed by atoms with Gasteiger partial charge >= 0.3 is 0 Å². The summed E-state index contributed by atoms with van der Waals surface area (Å²) in [6, 6.07) is 8.35. The first-order valence-corrected chi connectivity index (χ1v) is 8.04. The summed E-state index contributed by atoms with van der Waals surface area (Å²) in [5.41, 5.74) is 1.10. The zero-order chi connectivity index (χ0) is 13.1. The molecule has 100 valence electrons. The minimum atomic E-state index is 0.836. The molecule has 0 atom stereocenters. The van der Waals surface area contributed by atoms with Crippen LogP contribution in [0, 0.1) is 9.49 Å². The summed E-state index contributed by atoms with van der Waals surface area (Å²) in [6.07, 6.45) is 8.74. The Morgan fingerprint density at radius 1 is 1.16 bits per heavy atom. The first-order chi connectivity index (χ1) is 9.31. The summed E-state index contributed by atoms with van der Waals surface area (Å²) < 4.78 is 3.23. The highest BCUT2D eigenvalue weighted by atomic mass is 127. The van der Waals surface area contributed by atoms with Gasteiger partial charge in [-0.2, -0.15) is 5.10 Å². The van der Waals surface area contributed by atoms with Crippen molar-refractivity contribution in [3.63, 3.8) is 0 Å². The molecule has 1 aliphatic carbocycles. The third-order valence-corrected chi connectivity index (χ3v) is 4.60. The van der Waals surface area contributed by atoms with Crippen LogP contribution in [0.15, 0.2) is 30.6 Å². The minimum absolute atomic E-state index is 0.836. The second-order valence-corrected chi connectivity index (χ2v) is 6.52. The number of halogens is 1. The van der Waals surface area contributed by atoms with Crippen LogP contribution in [0.5, 0.6) is 0 Å². The average molecular weight is 367 g/mol. The SMILES string of the molecule is Ic1ccc(-c2ncn(CCC3CCCC3)n2)cc1. The lowest BCUT2D eigenvalue weighted by atomic mass is 10.0. The average Bonchev–Trinajstić information content (AvgIpc) is 3.09. The van der Waals surface area contributed by atoms with Crippen LogP contribution in [0.2, 0.25) is 0 Å². The van der Waals surface area contributed by atoms with Gasteiger partial charge < -0.3 is 0 Å². The standard InChI is InChI=1S/C15H18IN3/c16-14-7-5-13(6-8-14)15-17-11-19(18-15)10-9-12-3-1-2-4-12/h5-8,11-12H,1-4,9-10H2. The van der Waals surface area contributed by atoms with E-state index in [4.69, 9.17) is 0 Å². The molecule has 1 aliphatic rings. The molecule has 0 radical (unpaired) electrons. The summed E-state index contributed by atoms with van der Waals surface area (Å²) >= 11 is 2.31. The molecule has 3 nitrogen and oxygen atoms in total. The number of nitrogens with zero attached hydrogens (tertiary/aromatic N) is 3. The predicted octanol–water partition coefficient (Wildman–Crippen LogP) is 4.13. The van der Waals surface area contributed by atoms with Gasteiger partial charge in [0.05, 0.1) is 0 Å². The number of hydrogen-bond acceptors (Lipinski definition) is 2. The van der Waals surface area contributed by atoms with Crippen LogP contribution in [0.4, 0.5) is 0 Å². The maximum absolute atomic E-state index is 4.57. The van der Waals surface area contributed by atoms with Gasteiger partial charge in [0.1, 0.15) is 6.33 Å². The molecule has 4 heteroatoms. The zero-order valence-corrected chi connectivity index (χ0v) is 13.1. The van der Waals surface area contributed by atoms with Crippen molar-refractivity contribution in [2.24, 2.45) is 5.92 Å². The van der Waals surface area contributed by atoms with Crippen molar-refractivity contribution >= 4 is 22.6 Å². The molecule has 19 heavy (non-hydrogen) atoms. The third kappa shape index (κ3) is 3.35. The van der Waals surface area contributed by atoms with Gasteiger partial charge in [-0.25, -0.2) is 4.98 Å². The molecular weight excluding hydrogens is 349 g/mol. The largest absolute Gasteiger partial charge is 0.252 e. The summed E-state index contributed by atoms with van der Waals surface area (Å²) in [7, 11) is 0. The van der Waals surface area contributed by atoms with Gasteiger partial charge in [-0.3, -0.25) is 4.68 Å². The first kappa shape index (κ1) is 13.1. The number of benzene rings is 1. The summed E-state index contributed by atoms with van der Waals surface area (Å²) in [5.74, 6) is 1.74. The van der Waals surface area contributed by atoms with E-state index in [1.54, 1.807) is 0 Å². The Morgan fingerprint density at radius 2 is 1.89 bits per heavy atom. The Labute approximate surface area is 127 Å². The molecule has 0 bridgehead atoms. The Balaban J connectivity index is 1.63. The Bertz CT molecular complexity index is 527. The van der Waals surface area contributed by atoms with E-state index in [2.05, 4.69) is 56.9 Å². The van der Waals surface area contributed by atoms with Crippen LogP contribution >= 0.6 is 22.6 Å². The number of rotatable bonds is 4. The highest BCUT2D eigenvalue weighted by Crippen LogP contribution is 2.27. The lowest BCUT2D eigenvalue weighted by Crippen LogP contribution is -2.04. The summed E-state index contributed by atoms with van der Waals surface area (Å²) in [5, 5.41) is 4.57. The molecule has 0 amide bonds. The van der Waals surface area contributed by atoms with E-state index >= 15 is 0 Å². The van der Waals surface area contributed by atoms with Crippen LogP contribution in [-0.4, -0.2) is 14.8 Å². The molecule has 1 heterocycles. The van der Waals surface area contributed by atoms with Gasteiger partial charge in [0, 0.05) is 15.7 Å². The van der Waals surface area contributed by atoms with Gasteiger partial charge in [0.2, 0.25) is 0 Å². The molecule has 0 spiro atoms. The third-order valence-electron chi connectivity index (χ3n) is 3.88. The monoisotopic (exact) mass is 367 g/mol. The fourth-order valence-electron chi connectivity index (χ4n) is 2.75. The summed E-state index contributed by atoms with van der Waals surface area (Å²) in [4.78, 5) is 4.41. The first-order valence-electron chi connectivity index (χ1n) is 6.96. The van der Waals surface area contributed by atoms with E-state index in [-0.39, 0.29) is 0 Å². The van der Waals surface area contributed by atoms with E-state index in [0.29, 0.717) is 0 Å². The quantitative estimate of drug-likeness (QED) is 0.761. The molecule has 0 N–H and O–H groups in total.